The molecule has 198 valence electrons. The zero-order valence-electron chi connectivity index (χ0n) is 20.1. The number of amides is 1. The van der Waals surface area contributed by atoms with Gasteiger partial charge in [0.05, 0.1) is 11.5 Å². The molecule has 1 aliphatic carbocycles. The lowest BCUT2D eigenvalue weighted by Gasteiger charge is -2.42. The average molecular weight is 525 g/mol. The third kappa shape index (κ3) is 6.99. The number of nitrogens with zero attached hydrogens (tertiary/aromatic N) is 2. The van der Waals surface area contributed by atoms with Crippen LogP contribution in [-0.2, 0) is 14.6 Å². The van der Waals surface area contributed by atoms with Crippen LogP contribution in [0, 0.1) is 11.7 Å². The zero-order chi connectivity index (χ0) is 26.0. The lowest BCUT2D eigenvalue weighted by Crippen LogP contribution is -2.54. The molecule has 0 radical (unpaired) electrons. The van der Waals surface area contributed by atoms with Crippen LogP contribution in [0.5, 0.6) is 5.75 Å². The molecule has 7 nitrogen and oxygen atoms in total. The van der Waals surface area contributed by atoms with Crippen LogP contribution < -0.4 is 4.74 Å². The number of halogens is 4. The Morgan fingerprint density at radius 1 is 1.06 bits per heavy atom. The van der Waals surface area contributed by atoms with Crippen LogP contribution >= 0.6 is 0 Å². The summed E-state index contributed by atoms with van der Waals surface area (Å²) in [6, 6.07) is 3.92. The van der Waals surface area contributed by atoms with Crippen LogP contribution in [-0.4, -0.2) is 81.2 Å². The largest absolute Gasteiger partial charge is 0.490 e. The predicted octanol–water partition coefficient (Wildman–Crippen LogP) is 4.26. The summed E-state index contributed by atoms with van der Waals surface area (Å²) in [5.74, 6) is -0.450. The Morgan fingerprint density at radius 3 is 2.17 bits per heavy atom. The van der Waals surface area contributed by atoms with Crippen molar-refractivity contribution in [3.05, 3.63) is 24.0 Å². The summed E-state index contributed by atoms with van der Waals surface area (Å²) in [5.41, 5.74) is -2.54. The van der Waals surface area contributed by atoms with Crippen molar-refractivity contribution >= 4 is 15.9 Å². The second kappa shape index (κ2) is 10.5. The van der Waals surface area contributed by atoms with Crippen LogP contribution in [0.4, 0.5) is 22.4 Å². The Hall–Kier alpha value is -2.08. The van der Waals surface area contributed by atoms with Gasteiger partial charge in [0.1, 0.15) is 0 Å². The highest BCUT2D eigenvalue weighted by Crippen LogP contribution is 2.34. The molecule has 1 saturated heterocycles. The van der Waals surface area contributed by atoms with Gasteiger partial charge in [0.15, 0.2) is 21.4 Å². The molecule has 1 aromatic rings. The van der Waals surface area contributed by atoms with E-state index < -0.39 is 33.5 Å². The van der Waals surface area contributed by atoms with E-state index in [1.165, 1.54) is 17.0 Å². The van der Waals surface area contributed by atoms with E-state index in [-0.39, 0.29) is 16.6 Å². The molecule has 1 aromatic carbocycles. The first-order valence-electron chi connectivity index (χ1n) is 11.6. The molecule has 0 spiro atoms. The number of rotatable bonds is 6. The summed E-state index contributed by atoms with van der Waals surface area (Å²) in [5, 5.41) is 0. The Labute approximate surface area is 203 Å². The Kier molecular flexibility index (Phi) is 8.25. The highest BCUT2D eigenvalue weighted by atomic mass is 32.2. The van der Waals surface area contributed by atoms with Crippen molar-refractivity contribution in [3.63, 3.8) is 0 Å². The number of piperazine rings is 1. The molecule has 35 heavy (non-hydrogen) atoms. The van der Waals surface area contributed by atoms with Gasteiger partial charge in [-0.2, -0.15) is 13.2 Å². The number of ether oxygens (including phenoxy) is 2. The van der Waals surface area contributed by atoms with E-state index in [0.29, 0.717) is 38.8 Å². The maximum Gasteiger partial charge on any atom is 0.427 e. The Bertz CT molecular complexity index is 1000. The molecule has 1 aliphatic heterocycles. The molecule has 12 heteroatoms. The van der Waals surface area contributed by atoms with E-state index in [9.17, 15) is 30.8 Å². The van der Waals surface area contributed by atoms with Gasteiger partial charge in [-0.1, -0.05) is 0 Å². The third-order valence-corrected chi connectivity index (χ3v) is 7.85. The van der Waals surface area contributed by atoms with Crippen molar-refractivity contribution in [2.75, 3.05) is 39.0 Å². The molecule has 2 fully saturated rings. The third-order valence-electron chi connectivity index (χ3n) is 6.74. The predicted molar refractivity (Wildman–Crippen MR) is 121 cm³/mol. The fourth-order valence-electron chi connectivity index (χ4n) is 4.32. The van der Waals surface area contributed by atoms with Crippen LogP contribution in [0.25, 0.3) is 0 Å². The fraction of sp³-hybridized carbons (Fsp3) is 0.696. The van der Waals surface area contributed by atoms with Crippen LogP contribution in [0.15, 0.2) is 23.1 Å². The van der Waals surface area contributed by atoms with Crippen LogP contribution in [0.1, 0.15) is 39.5 Å². The quantitative estimate of drug-likeness (QED) is 0.518. The molecule has 0 bridgehead atoms. The minimum atomic E-state index is -4.64. The van der Waals surface area contributed by atoms with Gasteiger partial charge in [-0.05, 0) is 63.6 Å². The van der Waals surface area contributed by atoms with E-state index in [1.54, 1.807) is 0 Å². The van der Waals surface area contributed by atoms with Gasteiger partial charge in [0.25, 0.3) is 0 Å². The highest BCUT2D eigenvalue weighted by molar-refractivity contribution is 7.90. The Morgan fingerprint density at radius 2 is 1.66 bits per heavy atom. The van der Waals surface area contributed by atoms with E-state index in [1.807, 2.05) is 0 Å². The second-order valence-corrected chi connectivity index (χ2v) is 11.8. The number of hydrogen-bond acceptors (Lipinski definition) is 6. The molecule has 1 heterocycles. The smallest absolute Gasteiger partial charge is 0.427 e. The average Bonchev–Trinajstić information content (AvgIpc) is 2.77. The molecular weight excluding hydrogens is 492 g/mol. The van der Waals surface area contributed by atoms with Gasteiger partial charge in [0, 0.05) is 38.5 Å². The molecule has 2 aliphatic rings. The molecule has 0 atom stereocenters. The first-order valence-corrected chi connectivity index (χ1v) is 13.5. The van der Waals surface area contributed by atoms with Crippen molar-refractivity contribution in [1.29, 1.82) is 0 Å². The molecule has 1 amide bonds. The molecule has 0 aromatic heterocycles. The number of carbonyl (C=O) groups excluding carboxylic acids is 1. The summed E-state index contributed by atoms with van der Waals surface area (Å²) in [7, 11) is -3.49. The van der Waals surface area contributed by atoms with Crippen molar-refractivity contribution in [3.8, 4) is 5.75 Å². The van der Waals surface area contributed by atoms with Crippen molar-refractivity contribution in [1.82, 2.24) is 9.80 Å². The van der Waals surface area contributed by atoms with Gasteiger partial charge >= 0.3 is 12.3 Å². The highest BCUT2D eigenvalue weighted by Gasteiger charge is 2.51. The fourth-order valence-corrected chi connectivity index (χ4v) is 4.96. The van der Waals surface area contributed by atoms with Crippen LogP contribution in [0.3, 0.4) is 0 Å². The first-order chi connectivity index (χ1) is 16.2. The number of sulfone groups is 1. The zero-order valence-corrected chi connectivity index (χ0v) is 20.9. The van der Waals surface area contributed by atoms with Gasteiger partial charge in [0.2, 0.25) is 5.60 Å². The number of carbonyl (C=O) groups is 1. The van der Waals surface area contributed by atoms with Gasteiger partial charge in [-0.3, -0.25) is 4.90 Å². The van der Waals surface area contributed by atoms with Gasteiger partial charge in [-0.25, -0.2) is 17.6 Å². The Balaban J connectivity index is 1.41. The number of hydrogen-bond donors (Lipinski definition) is 0. The maximum atomic E-state index is 14.2. The minimum absolute atomic E-state index is 0.0243. The molecular formula is C23H32F4N2O5S. The SMILES string of the molecule is CC(C)(OC(=O)N1CCN([C@H]2CC[C@H](COc3ccc(S(C)(=O)=O)cc3F)CC2)CC1)C(F)(F)F. The monoisotopic (exact) mass is 524 g/mol. The first kappa shape index (κ1) is 27.5. The number of alkyl halides is 3. The summed E-state index contributed by atoms with van der Waals surface area (Å²) in [6.45, 7) is 3.73. The lowest BCUT2D eigenvalue weighted by molar-refractivity contribution is -0.246. The van der Waals surface area contributed by atoms with E-state index in [2.05, 4.69) is 4.90 Å². The summed E-state index contributed by atoms with van der Waals surface area (Å²) in [4.78, 5) is 15.6. The van der Waals surface area contributed by atoms with Crippen LogP contribution in [0.2, 0.25) is 0 Å². The standard InChI is InChI=1S/C23H32F4N2O5S/c1-22(2,23(25,26)27)34-21(30)29-12-10-28(11-13-29)17-6-4-16(5-7-17)15-33-20-9-8-18(14-19(20)24)35(3,31)32/h8-9,14,16-17H,4-7,10-13,15H2,1-3H3/t16-,17-. The minimum Gasteiger partial charge on any atom is -0.490 e. The molecule has 0 N–H and O–H groups in total. The molecule has 1 saturated carbocycles. The van der Waals surface area contributed by atoms with E-state index in [4.69, 9.17) is 9.47 Å². The van der Waals surface area contributed by atoms with Gasteiger partial charge in [-0.15, -0.1) is 0 Å². The molecule has 3 rings (SSSR count). The van der Waals surface area contributed by atoms with E-state index >= 15 is 0 Å². The van der Waals surface area contributed by atoms with E-state index in [0.717, 1.165) is 51.9 Å². The lowest BCUT2D eigenvalue weighted by atomic mass is 9.85. The summed E-state index contributed by atoms with van der Waals surface area (Å²) >= 11 is 0. The number of benzene rings is 1. The maximum absolute atomic E-state index is 14.2. The van der Waals surface area contributed by atoms with Gasteiger partial charge < -0.3 is 14.4 Å². The summed E-state index contributed by atoms with van der Waals surface area (Å²) < 4.78 is 86.5. The summed E-state index contributed by atoms with van der Waals surface area (Å²) in [6.07, 6.45) is -1.04. The molecule has 0 unspecified atom stereocenters. The normalized spacial score (nSPS) is 22.7. The van der Waals surface area contributed by atoms with Crippen molar-refractivity contribution in [2.45, 2.75) is 62.2 Å². The second-order valence-electron chi connectivity index (χ2n) is 9.75. The van der Waals surface area contributed by atoms with Crippen molar-refractivity contribution in [2.24, 2.45) is 5.92 Å². The topological polar surface area (TPSA) is 76.2 Å². The van der Waals surface area contributed by atoms with Crippen molar-refractivity contribution < 1.29 is 40.2 Å².